The van der Waals surface area contributed by atoms with Gasteiger partial charge in [-0.3, -0.25) is 9.80 Å². The minimum Gasteiger partial charge on any atom is -0.449 e. The Balaban J connectivity index is 1.65. The van der Waals surface area contributed by atoms with Crippen LogP contribution in [0.1, 0.15) is 39.5 Å². The van der Waals surface area contributed by atoms with Gasteiger partial charge in [0.2, 0.25) is 0 Å². The van der Waals surface area contributed by atoms with Crippen molar-refractivity contribution in [3.8, 4) is 11.8 Å². The van der Waals surface area contributed by atoms with Crippen molar-refractivity contribution in [1.29, 1.82) is 0 Å². The molecular formula is C20H26N2O2. The smallest absolute Gasteiger partial charge is 0.332 e. The Morgan fingerprint density at radius 2 is 2.21 bits per heavy atom. The molecule has 4 aliphatic rings. The number of hydrogen-bond donors (Lipinski definition) is 0. The molecule has 128 valence electrons. The summed E-state index contributed by atoms with van der Waals surface area (Å²) in [7, 11) is 0. The second kappa shape index (κ2) is 6.06. The number of nitrogens with zero attached hydrogens (tertiary/aromatic N) is 2. The molecule has 3 heterocycles. The van der Waals surface area contributed by atoms with E-state index in [4.69, 9.17) is 4.74 Å². The van der Waals surface area contributed by atoms with Crippen LogP contribution >= 0.6 is 0 Å². The highest BCUT2D eigenvalue weighted by Crippen LogP contribution is 2.53. The number of piperidine rings is 1. The van der Waals surface area contributed by atoms with Crippen molar-refractivity contribution in [2.24, 2.45) is 0 Å². The van der Waals surface area contributed by atoms with Crippen LogP contribution in [0.25, 0.3) is 0 Å². The van der Waals surface area contributed by atoms with E-state index in [1.165, 1.54) is 12.8 Å². The van der Waals surface area contributed by atoms with Gasteiger partial charge in [0.15, 0.2) is 5.60 Å². The average molecular weight is 326 g/mol. The summed E-state index contributed by atoms with van der Waals surface area (Å²) < 4.78 is 5.92. The van der Waals surface area contributed by atoms with E-state index in [1.807, 2.05) is 0 Å². The van der Waals surface area contributed by atoms with E-state index in [1.54, 1.807) is 6.08 Å². The zero-order valence-corrected chi connectivity index (χ0v) is 14.7. The molecule has 0 aromatic rings. The molecule has 1 unspecified atom stereocenters. The van der Waals surface area contributed by atoms with Gasteiger partial charge in [-0.2, -0.15) is 0 Å². The van der Waals surface area contributed by atoms with Crippen LogP contribution in [-0.4, -0.2) is 59.6 Å². The van der Waals surface area contributed by atoms with E-state index in [2.05, 4.69) is 41.6 Å². The summed E-state index contributed by atoms with van der Waals surface area (Å²) in [6.07, 6.45) is 8.49. The molecule has 1 spiro atoms. The molecule has 1 aliphatic carbocycles. The van der Waals surface area contributed by atoms with Gasteiger partial charge in [-0.25, -0.2) is 4.79 Å². The van der Waals surface area contributed by atoms with Gasteiger partial charge in [0.05, 0.1) is 12.6 Å². The Bertz CT molecular complexity index is 665. The predicted octanol–water partition coefficient (Wildman–Crippen LogP) is 2.12. The maximum absolute atomic E-state index is 12.1. The summed E-state index contributed by atoms with van der Waals surface area (Å²) in [5.41, 5.74) is 1.65. The number of hydrogen-bond acceptors (Lipinski definition) is 4. The fraction of sp³-hybridized carbons (Fsp3) is 0.650. The Morgan fingerprint density at radius 3 is 3.00 bits per heavy atom. The van der Waals surface area contributed by atoms with Gasteiger partial charge in [-0.15, -0.1) is 0 Å². The molecule has 0 saturated carbocycles. The van der Waals surface area contributed by atoms with E-state index in [9.17, 15) is 4.79 Å². The van der Waals surface area contributed by atoms with Crippen LogP contribution in [0.3, 0.4) is 0 Å². The Morgan fingerprint density at radius 1 is 1.38 bits per heavy atom. The van der Waals surface area contributed by atoms with Gasteiger partial charge in [-0.1, -0.05) is 38.2 Å². The Hall–Kier alpha value is -1.57. The van der Waals surface area contributed by atoms with Crippen LogP contribution in [0.5, 0.6) is 0 Å². The molecule has 2 bridgehead atoms. The summed E-state index contributed by atoms with van der Waals surface area (Å²) in [6.45, 7) is 8.22. The first-order chi connectivity index (χ1) is 11.7. The Labute approximate surface area is 144 Å². The molecule has 4 rings (SSSR count). The maximum atomic E-state index is 12.1. The fourth-order valence-electron chi connectivity index (χ4n) is 4.86. The summed E-state index contributed by atoms with van der Waals surface area (Å²) in [5.74, 6) is 6.49. The van der Waals surface area contributed by atoms with Gasteiger partial charge < -0.3 is 4.74 Å². The third kappa shape index (κ3) is 2.34. The first kappa shape index (κ1) is 15.9. The second-order valence-electron chi connectivity index (χ2n) is 7.23. The SMILES string of the molecule is CCN(CC)CC#CC1=C[C@@H]2C[C@@]3(OC(=O)C=C13)C1CCCCN12. The highest BCUT2D eigenvalue weighted by Gasteiger charge is 2.61. The predicted molar refractivity (Wildman–Crippen MR) is 93.3 cm³/mol. The highest BCUT2D eigenvalue weighted by molar-refractivity contribution is 5.90. The molecular weight excluding hydrogens is 300 g/mol. The fourth-order valence-corrected chi connectivity index (χ4v) is 4.86. The van der Waals surface area contributed by atoms with Crippen molar-refractivity contribution in [3.05, 3.63) is 23.3 Å². The number of esters is 1. The molecule has 3 aliphatic heterocycles. The minimum atomic E-state index is -0.421. The zero-order chi connectivity index (χ0) is 16.7. The summed E-state index contributed by atoms with van der Waals surface area (Å²) >= 11 is 0. The van der Waals surface area contributed by atoms with Gasteiger partial charge in [0, 0.05) is 29.7 Å². The first-order valence-corrected chi connectivity index (χ1v) is 9.32. The first-order valence-electron chi connectivity index (χ1n) is 9.32. The molecule has 4 heteroatoms. The van der Waals surface area contributed by atoms with Crippen LogP contribution in [0.2, 0.25) is 0 Å². The molecule has 0 aromatic heterocycles. The van der Waals surface area contributed by atoms with Crippen molar-refractivity contribution in [3.63, 3.8) is 0 Å². The number of ether oxygens (including phenoxy) is 1. The molecule has 0 aromatic carbocycles. The van der Waals surface area contributed by atoms with Gasteiger partial charge in [0.1, 0.15) is 0 Å². The molecule has 2 fully saturated rings. The topological polar surface area (TPSA) is 32.8 Å². The summed E-state index contributed by atoms with van der Waals surface area (Å²) in [6, 6.07) is 0.711. The standard InChI is InChI=1S/C20H26N2O2/c1-3-21(4-2)10-7-8-15-12-16-14-20(17(15)13-19(23)24-20)18-9-5-6-11-22(16)18/h12-13,16,18H,3-6,9-11,14H2,1-2H3/t16-,18?,20+/m1/s1. The quantitative estimate of drug-likeness (QED) is 0.587. The molecule has 24 heavy (non-hydrogen) atoms. The van der Waals surface area contributed by atoms with E-state index in [-0.39, 0.29) is 5.97 Å². The largest absolute Gasteiger partial charge is 0.449 e. The molecule has 4 nitrogen and oxygen atoms in total. The molecule has 2 saturated heterocycles. The van der Waals surface area contributed by atoms with Gasteiger partial charge in [-0.05, 0) is 32.5 Å². The van der Waals surface area contributed by atoms with Crippen molar-refractivity contribution in [2.75, 3.05) is 26.2 Å². The van der Waals surface area contributed by atoms with E-state index in [0.29, 0.717) is 12.1 Å². The summed E-state index contributed by atoms with van der Waals surface area (Å²) in [4.78, 5) is 16.9. The normalized spacial score (nSPS) is 34.0. The van der Waals surface area contributed by atoms with Gasteiger partial charge >= 0.3 is 5.97 Å². The molecule has 0 radical (unpaired) electrons. The third-order valence-corrected chi connectivity index (χ3v) is 6.09. The number of rotatable bonds is 3. The zero-order valence-electron chi connectivity index (χ0n) is 14.7. The van der Waals surface area contributed by atoms with Crippen LogP contribution in [-0.2, 0) is 9.53 Å². The molecule has 0 N–H and O–H groups in total. The Kier molecular flexibility index (Phi) is 4.02. The van der Waals surface area contributed by atoms with Crippen LogP contribution in [0.15, 0.2) is 23.3 Å². The lowest BCUT2D eigenvalue weighted by atomic mass is 9.77. The second-order valence-corrected chi connectivity index (χ2v) is 7.23. The number of fused-ring (bicyclic) bond motifs is 3. The lowest BCUT2D eigenvalue weighted by molar-refractivity contribution is -0.148. The number of carbonyl (C=O) groups is 1. The van der Waals surface area contributed by atoms with E-state index >= 15 is 0 Å². The number of carbonyl (C=O) groups excluding carboxylic acids is 1. The van der Waals surface area contributed by atoms with Crippen LogP contribution < -0.4 is 0 Å². The van der Waals surface area contributed by atoms with Crippen molar-refractivity contribution in [2.45, 2.75) is 57.2 Å². The maximum Gasteiger partial charge on any atom is 0.332 e. The lowest BCUT2D eigenvalue weighted by Crippen LogP contribution is -2.48. The summed E-state index contributed by atoms with van der Waals surface area (Å²) in [5, 5.41) is 0. The van der Waals surface area contributed by atoms with Crippen LogP contribution in [0, 0.1) is 11.8 Å². The van der Waals surface area contributed by atoms with Crippen molar-refractivity contribution >= 4 is 5.97 Å². The van der Waals surface area contributed by atoms with Crippen molar-refractivity contribution < 1.29 is 9.53 Å². The highest BCUT2D eigenvalue weighted by atomic mass is 16.6. The van der Waals surface area contributed by atoms with E-state index < -0.39 is 5.60 Å². The molecule has 0 amide bonds. The van der Waals surface area contributed by atoms with Crippen LogP contribution in [0.4, 0.5) is 0 Å². The molecule has 3 atom stereocenters. The average Bonchev–Trinajstić information content (AvgIpc) is 3.08. The monoisotopic (exact) mass is 326 g/mol. The lowest BCUT2D eigenvalue weighted by Gasteiger charge is -2.38. The van der Waals surface area contributed by atoms with E-state index in [0.717, 1.165) is 50.2 Å². The van der Waals surface area contributed by atoms with Crippen molar-refractivity contribution in [1.82, 2.24) is 9.80 Å². The third-order valence-electron chi connectivity index (χ3n) is 6.09. The van der Waals surface area contributed by atoms with Gasteiger partial charge in [0.25, 0.3) is 0 Å². The minimum absolute atomic E-state index is 0.186.